The van der Waals surface area contributed by atoms with E-state index in [0.717, 1.165) is 9.80 Å². The predicted octanol–water partition coefficient (Wildman–Crippen LogP) is 0.678. The normalized spacial score (nSPS) is 18.0. The second kappa shape index (κ2) is 7.94. The van der Waals surface area contributed by atoms with Gasteiger partial charge in [-0.05, 0) is 12.8 Å². The fourth-order valence-corrected chi connectivity index (χ4v) is 2.84. The highest BCUT2D eigenvalue weighted by molar-refractivity contribution is 6.15. The highest BCUT2D eigenvalue weighted by Gasteiger charge is 2.34. The lowest BCUT2D eigenvalue weighted by atomic mass is 10.1. The maximum absolute atomic E-state index is 11.8. The van der Waals surface area contributed by atoms with Crippen molar-refractivity contribution in [2.45, 2.75) is 64.2 Å². The third kappa shape index (κ3) is 4.12. The summed E-state index contributed by atoms with van der Waals surface area (Å²) in [6.07, 6.45) is 3.00. The summed E-state index contributed by atoms with van der Waals surface area (Å²) in [5.74, 6) is -2.67. The first-order valence-corrected chi connectivity index (χ1v) is 8.19. The second-order valence-electron chi connectivity index (χ2n) is 5.95. The quantitative estimate of drug-likeness (QED) is 0.499. The van der Waals surface area contributed by atoms with Gasteiger partial charge < -0.3 is 0 Å². The highest BCUT2D eigenvalue weighted by atomic mass is 16.2. The number of carbonyl (C=O) groups is 6. The molecule has 8 heteroatoms. The third-order valence-electron chi connectivity index (χ3n) is 4.13. The van der Waals surface area contributed by atoms with E-state index in [4.69, 9.17) is 0 Å². The molecule has 0 radical (unpaired) electrons. The van der Waals surface area contributed by atoms with Crippen molar-refractivity contribution in [2.24, 2.45) is 0 Å². The van der Waals surface area contributed by atoms with Crippen LogP contribution in [0.15, 0.2) is 0 Å². The van der Waals surface area contributed by atoms with E-state index in [9.17, 15) is 28.8 Å². The van der Waals surface area contributed by atoms with Crippen LogP contribution in [-0.4, -0.2) is 45.2 Å². The van der Waals surface area contributed by atoms with Crippen LogP contribution in [0.5, 0.6) is 0 Å². The molecule has 0 saturated carbocycles. The Morgan fingerprint density at radius 3 is 1.17 bits per heavy atom. The van der Waals surface area contributed by atoms with Crippen molar-refractivity contribution in [3.8, 4) is 0 Å². The Bertz CT molecular complexity index is 513. The summed E-state index contributed by atoms with van der Waals surface area (Å²) in [6.45, 7) is 0. The Morgan fingerprint density at radius 2 is 0.875 bits per heavy atom. The van der Waals surface area contributed by atoms with Crippen molar-refractivity contribution in [3.05, 3.63) is 0 Å². The molecule has 6 amide bonds. The molecule has 8 nitrogen and oxygen atoms in total. The zero-order valence-corrected chi connectivity index (χ0v) is 13.4. The molecule has 2 rings (SSSR count). The molecule has 0 bridgehead atoms. The number of hydrogen-bond acceptors (Lipinski definition) is 6. The fourth-order valence-electron chi connectivity index (χ4n) is 2.84. The van der Waals surface area contributed by atoms with E-state index in [1.165, 1.54) is 0 Å². The number of hydrogen-bond donors (Lipinski definition) is 0. The number of likely N-dealkylation sites (tertiary alicyclic amines) is 2. The van der Waals surface area contributed by atoms with Gasteiger partial charge in [-0.25, -0.2) is 9.80 Å². The monoisotopic (exact) mass is 336 g/mol. The Morgan fingerprint density at radius 1 is 0.583 bits per heavy atom. The molecule has 0 aliphatic carbocycles. The summed E-state index contributed by atoms with van der Waals surface area (Å²) in [5, 5.41) is 0. The summed E-state index contributed by atoms with van der Waals surface area (Å²) < 4.78 is 0. The van der Waals surface area contributed by atoms with Gasteiger partial charge in [-0.1, -0.05) is 12.8 Å². The molecule has 2 saturated heterocycles. The van der Waals surface area contributed by atoms with Crippen LogP contribution in [0.1, 0.15) is 64.2 Å². The maximum atomic E-state index is 11.8. The molecule has 0 unspecified atom stereocenters. The minimum atomic E-state index is -0.466. The van der Waals surface area contributed by atoms with Gasteiger partial charge in [0.1, 0.15) is 0 Å². The summed E-state index contributed by atoms with van der Waals surface area (Å²) in [4.78, 5) is 70.7. The molecule has 2 fully saturated rings. The molecule has 0 aromatic carbocycles. The van der Waals surface area contributed by atoms with Gasteiger partial charge in [-0.3, -0.25) is 28.8 Å². The van der Waals surface area contributed by atoms with Crippen LogP contribution in [0.4, 0.5) is 0 Å². The summed E-state index contributed by atoms with van der Waals surface area (Å²) in [7, 11) is 0. The Labute approximate surface area is 139 Å². The minimum Gasteiger partial charge on any atom is -0.274 e. The lowest BCUT2D eigenvalue weighted by molar-refractivity contribution is -0.152. The molecule has 0 atom stereocenters. The molecule has 0 N–H and O–H groups in total. The SMILES string of the molecule is O=C(CCCCCCC(=O)N1C(=O)CCC1=O)N1C(=O)CCC1=O. The topological polar surface area (TPSA) is 109 Å². The predicted molar refractivity (Wildman–Crippen MR) is 79.9 cm³/mol. The third-order valence-corrected chi connectivity index (χ3v) is 4.13. The maximum Gasteiger partial charge on any atom is 0.236 e. The Kier molecular flexibility index (Phi) is 5.94. The van der Waals surface area contributed by atoms with Crippen LogP contribution in [0.25, 0.3) is 0 Å². The summed E-state index contributed by atoms with van der Waals surface area (Å²) >= 11 is 0. The number of imide groups is 6. The summed E-state index contributed by atoms with van der Waals surface area (Å²) in [5.41, 5.74) is 0. The zero-order valence-electron chi connectivity index (χ0n) is 13.4. The smallest absolute Gasteiger partial charge is 0.236 e. The molecular formula is C16H20N2O6. The Balaban J connectivity index is 1.60. The molecule has 2 aliphatic rings. The van der Waals surface area contributed by atoms with Crippen LogP contribution in [0.2, 0.25) is 0 Å². The van der Waals surface area contributed by atoms with Gasteiger partial charge in [0.25, 0.3) is 0 Å². The van der Waals surface area contributed by atoms with Crippen molar-refractivity contribution in [1.29, 1.82) is 0 Å². The Hall–Kier alpha value is -2.38. The zero-order chi connectivity index (χ0) is 17.7. The van der Waals surface area contributed by atoms with Gasteiger partial charge in [0, 0.05) is 38.5 Å². The lowest BCUT2D eigenvalue weighted by Gasteiger charge is -2.12. The van der Waals surface area contributed by atoms with Crippen molar-refractivity contribution in [3.63, 3.8) is 0 Å². The van der Waals surface area contributed by atoms with Gasteiger partial charge in [0.05, 0.1) is 0 Å². The average Bonchev–Trinajstić information content (AvgIpc) is 3.04. The van der Waals surface area contributed by atoms with E-state index in [0.29, 0.717) is 25.7 Å². The summed E-state index contributed by atoms with van der Waals surface area (Å²) in [6, 6.07) is 0. The van der Waals surface area contributed by atoms with Gasteiger partial charge in [0.15, 0.2) is 0 Å². The van der Waals surface area contributed by atoms with Crippen molar-refractivity contribution in [1.82, 2.24) is 9.80 Å². The highest BCUT2D eigenvalue weighted by Crippen LogP contribution is 2.17. The minimum absolute atomic E-state index is 0.0978. The molecule has 0 aromatic heterocycles. The largest absolute Gasteiger partial charge is 0.274 e. The first-order valence-electron chi connectivity index (χ1n) is 8.19. The first kappa shape index (κ1) is 18.0. The van der Waals surface area contributed by atoms with E-state index in [1.54, 1.807) is 0 Å². The van der Waals surface area contributed by atoms with E-state index < -0.39 is 35.4 Å². The number of carbonyl (C=O) groups excluding carboxylic acids is 6. The molecule has 24 heavy (non-hydrogen) atoms. The molecular weight excluding hydrogens is 316 g/mol. The van der Waals surface area contributed by atoms with Gasteiger partial charge >= 0.3 is 0 Å². The van der Waals surface area contributed by atoms with Crippen molar-refractivity contribution >= 4 is 35.4 Å². The number of amides is 6. The van der Waals surface area contributed by atoms with Crippen molar-refractivity contribution < 1.29 is 28.8 Å². The molecule has 2 heterocycles. The lowest BCUT2D eigenvalue weighted by Crippen LogP contribution is -2.35. The number of unbranched alkanes of at least 4 members (excludes halogenated alkanes) is 3. The van der Waals surface area contributed by atoms with Crippen LogP contribution in [-0.2, 0) is 28.8 Å². The number of rotatable bonds is 7. The fraction of sp³-hybridized carbons (Fsp3) is 0.625. The van der Waals surface area contributed by atoms with Crippen LogP contribution in [0, 0.1) is 0 Å². The van der Waals surface area contributed by atoms with Gasteiger partial charge in [0.2, 0.25) is 35.4 Å². The van der Waals surface area contributed by atoms with Gasteiger partial charge in [-0.15, -0.1) is 0 Å². The molecule has 0 spiro atoms. The van der Waals surface area contributed by atoms with Crippen LogP contribution < -0.4 is 0 Å². The van der Waals surface area contributed by atoms with Crippen molar-refractivity contribution in [2.75, 3.05) is 0 Å². The van der Waals surface area contributed by atoms with Crippen LogP contribution in [0.3, 0.4) is 0 Å². The van der Waals surface area contributed by atoms with E-state index >= 15 is 0 Å². The molecule has 2 aliphatic heterocycles. The standard InChI is InChI=1S/C16H20N2O6/c19-11(17-13(21)7-8-14(17)22)5-3-1-2-4-6-12(20)18-15(23)9-10-16(18)24/h1-10H2. The van der Waals surface area contributed by atoms with Crippen LogP contribution >= 0.6 is 0 Å². The van der Waals surface area contributed by atoms with Gasteiger partial charge in [-0.2, -0.15) is 0 Å². The van der Waals surface area contributed by atoms with E-state index in [2.05, 4.69) is 0 Å². The molecule has 0 aromatic rings. The first-order chi connectivity index (χ1) is 11.4. The van der Waals surface area contributed by atoms with E-state index in [-0.39, 0.29) is 38.5 Å². The average molecular weight is 336 g/mol. The number of nitrogens with zero attached hydrogens (tertiary/aromatic N) is 2. The van der Waals surface area contributed by atoms with E-state index in [1.807, 2.05) is 0 Å². The molecule has 130 valence electrons. The second-order valence-corrected chi connectivity index (χ2v) is 5.95.